The highest BCUT2D eigenvalue weighted by atomic mass is 15.2. The smallest absolute Gasteiger partial charge is 0.146 e. The van der Waals surface area contributed by atoms with Crippen molar-refractivity contribution in [3.05, 3.63) is 48.2 Å². The van der Waals surface area contributed by atoms with E-state index < -0.39 is 0 Å². The van der Waals surface area contributed by atoms with Gasteiger partial charge in [-0.25, -0.2) is 4.98 Å². The predicted octanol–water partition coefficient (Wildman–Crippen LogP) is 1.80. The number of rotatable bonds is 7. The van der Waals surface area contributed by atoms with Crippen LogP contribution in [-0.4, -0.2) is 34.6 Å². The molecule has 0 aromatic carbocycles. The van der Waals surface area contributed by atoms with E-state index in [0.717, 1.165) is 31.0 Å². The summed E-state index contributed by atoms with van der Waals surface area (Å²) < 4.78 is 0. The zero-order valence-electron chi connectivity index (χ0n) is 12.4. The van der Waals surface area contributed by atoms with Crippen molar-refractivity contribution in [2.45, 2.75) is 31.8 Å². The van der Waals surface area contributed by atoms with Crippen LogP contribution in [0.5, 0.6) is 0 Å². The van der Waals surface area contributed by atoms with Gasteiger partial charge in [0, 0.05) is 38.6 Å². The first-order valence-electron chi connectivity index (χ1n) is 7.45. The Morgan fingerprint density at radius 3 is 2.67 bits per heavy atom. The molecule has 1 fully saturated rings. The van der Waals surface area contributed by atoms with Crippen LogP contribution in [0.4, 0.5) is 5.82 Å². The Balaban J connectivity index is 1.50. The van der Waals surface area contributed by atoms with Gasteiger partial charge in [-0.05, 0) is 37.0 Å². The summed E-state index contributed by atoms with van der Waals surface area (Å²) >= 11 is 0. The van der Waals surface area contributed by atoms with Gasteiger partial charge in [0.05, 0.1) is 18.1 Å². The molecule has 21 heavy (non-hydrogen) atoms. The molecule has 0 bridgehead atoms. The molecule has 5 heteroatoms. The molecule has 2 aromatic heterocycles. The van der Waals surface area contributed by atoms with E-state index in [1.54, 1.807) is 0 Å². The van der Waals surface area contributed by atoms with Gasteiger partial charge in [0.15, 0.2) is 0 Å². The lowest BCUT2D eigenvalue weighted by molar-refractivity contribution is 0.671. The van der Waals surface area contributed by atoms with Crippen molar-refractivity contribution in [3.8, 4) is 0 Å². The Kier molecular flexibility index (Phi) is 4.40. The molecule has 5 nitrogen and oxygen atoms in total. The topological polar surface area (TPSA) is 53.9 Å². The normalized spacial score (nSPS) is 14.1. The van der Waals surface area contributed by atoms with Crippen molar-refractivity contribution in [1.29, 1.82) is 0 Å². The largest absolute Gasteiger partial charge is 0.358 e. The SMILES string of the molecule is CN(CCc1ccncc1)c1cnc(CNC2CC2)cn1. The van der Waals surface area contributed by atoms with Crippen LogP contribution < -0.4 is 10.2 Å². The first-order valence-corrected chi connectivity index (χ1v) is 7.45. The van der Waals surface area contributed by atoms with Crippen LogP contribution in [0.15, 0.2) is 36.9 Å². The molecule has 0 atom stereocenters. The molecule has 0 spiro atoms. The Hall–Kier alpha value is -2.01. The van der Waals surface area contributed by atoms with Gasteiger partial charge < -0.3 is 10.2 Å². The van der Waals surface area contributed by atoms with Crippen LogP contribution >= 0.6 is 0 Å². The molecule has 2 aromatic rings. The number of likely N-dealkylation sites (N-methyl/N-ethyl adjacent to an activating group) is 1. The monoisotopic (exact) mass is 283 g/mol. The molecule has 2 heterocycles. The average Bonchev–Trinajstić information content (AvgIpc) is 3.36. The Morgan fingerprint density at radius 2 is 2.00 bits per heavy atom. The summed E-state index contributed by atoms with van der Waals surface area (Å²) in [7, 11) is 2.05. The number of hydrogen-bond donors (Lipinski definition) is 1. The van der Waals surface area contributed by atoms with E-state index in [-0.39, 0.29) is 0 Å². The van der Waals surface area contributed by atoms with E-state index in [4.69, 9.17) is 0 Å². The summed E-state index contributed by atoms with van der Waals surface area (Å²) in [5.74, 6) is 0.916. The highest BCUT2D eigenvalue weighted by Crippen LogP contribution is 2.19. The van der Waals surface area contributed by atoms with E-state index in [0.29, 0.717) is 6.04 Å². The Bertz CT molecular complexity index is 551. The number of nitrogens with zero attached hydrogens (tertiary/aromatic N) is 4. The van der Waals surface area contributed by atoms with Crippen molar-refractivity contribution < 1.29 is 0 Å². The first kappa shape index (κ1) is 13.9. The van der Waals surface area contributed by atoms with E-state index >= 15 is 0 Å². The third kappa shape index (κ3) is 4.23. The lowest BCUT2D eigenvalue weighted by atomic mass is 10.2. The quantitative estimate of drug-likeness (QED) is 0.840. The van der Waals surface area contributed by atoms with Gasteiger partial charge in [-0.2, -0.15) is 0 Å². The number of hydrogen-bond acceptors (Lipinski definition) is 5. The predicted molar refractivity (Wildman–Crippen MR) is 83.1 cm³/mol. The highest BCUT2D eigenvalue weighted by molar-refractivity contribution is 5.34. The molecule has 1 N–H and O–H groups in total. The molecule has 1 aliphatic carbocycles. The van der Waals surface area contributed by atoms with Gasteiger partial charge in [-0.3, -0.25) is 9.97 Å². The second-order valence-corrected chi connectivity index (χ2v) is 5.55. The van der Waals surface area contributed by atoms with E-state index in [1.165, 1.54) is 18.4 Å². The van der Waals surface area contributed by atoms with Crippen LogP contribution in [0.2, 0.25) is 0 Å². The Morgan fingerprint density at radius 1 is 1.19 bits per heavy atom. The summed E-state index contributed by atoms with van der Waals surface area (Å²) in [6, 6.07) is 4.80. The number of aromatic nitrogens is 3. The molecule has 0 amide bonds. The van der Waals surface area contributed by atoms with E-state index in [1.807, 2.05) is 44.0 Å². The summed E-state index contributed by atoms with van der Waals surface area (Å²) in [6.45, 7) is 1.73. The molecular formula is C16H21N5. The van der Waals surface area contributed by atoms with Crippen molar-refractivity contribution in [2.24, 2.45) is 0 Å². The van der Waals surface area contributed by atoms with E-state index in [9.17, 15) is 0 Å². The molecule has 0 aliphatic heterocycles. The maximum absolute atomic E-state index is 4.50. The minimum atomic E-state index is 0.703. The Labute approximate surface area is 125 Å². The summed E-state index contributed by atoms with van der Waals surface area (Å²) in [4.78, 5) is 15.1. The van der Waals surface area contributed by atoms with Crippen LogP contribution in [-0.2, 0) is 13.0 Å². The fourth-order valence-corrected chi connectivity index (χ4v) is 2.13. The van der Waals surface area contributed by atoms with Crippen molar-refractivity contribution in [3.63, 3.8) is 0 Å². The van der Waals surface area contributed by atoms with Crippen LogP contribution in [0.3, 0.4) is 0 Å². The van der Waals surface area contributed by atoms with Gasteiger partial charge in [0.1, 0.15) is 5.82 Å². The van der Waals surface area contributed by atoms with Gasteiger partial charge in [0.25, 0.3) is 0 Å². The highest BCUT2D eigenvalue weighted by Gasteiger charge is 2.20. The van der Waals surface area contributed by atoms with Crippen molar-refractivity contribution in [2.75, 3.05) is 18.5 Å². The van der Waals surface area contributed by atoms with Crippen LogP contribution in [0.25, 0.3) is 0 Å². The number of anilines is 1. The molecule has 110 valence electrons. The second kappa shape index (κ2) is 6.63. The van der Waals surface area contributed by atoms with Gasteiger partial charge in [-0.15, -0.1) is 0 Å². The standard InChI is InChI=1S/C16H21N5/c1-21(9-6-13-4-7-17-8-5-13)16-12-19-15(11-20-16)10-18-14-2-3-14/h4-5,7-8,11-12,14,18H,2-3,6,9-10H2,1H3. The molecule has 0 radical (unpaired) electrons. The second-order valence-electron chi connectivity index (χ2n) is 5.55. The summed E-state index contributed by atoms with van der Waals surface area (Å²) in [6.07, 6.45) is 11.0. The fourth-order valence-electron chi connectivity index (χ4n) is 2.13. The van der Waals surface area contributed by atoms with Gasteiger partial charge in [0.2, 0.25) is 0 Å². The number of nitrogens with one attached hydrogen (secondary N) is 1. The maximum atomic E-state index is 4.50. The third-order valence-corrected chi connectivity index (χ3v) is 3.72. The molecular weight excluding hydrogens is 262 g/mol. The summed E-state index contributed by atoms with van der Waals surface area (Å²) in [5.41, 5.74) is 2.29. The maximum Gasteiger partial charge on any atom is 0.146 e. The zero-order chi connectivity index (χ0) is 14.5. The number of pyridine rings is 1. The summed E-state index contributed by atoms with van der Waals surface area (Å²) in [5, 5.41) is 3.45. The molecule has 1 aliphatic rings. The molecule has 3 rings (SSSR count). The van der Waals surface area contributed by atoms with Crippen LogP contribution in [0, 0.1) is 0 Å². The first-order chi connectivity index (χ1) is 10.3. The van der Waals surface area contributed by atoms with Crippen molar-refractivity contribution in [1.82, 2.24) is 20.3 Å². The lowest BCUT2D eigenvalue weighted by Gasteiger charge is -2.17. The van der Waals surface area contributed by atoms with Gasteiger partial charge >= 0.3 is 0 Å². The van der Waals surface area contributed by atoms with E-state index in [2.05, 4.69) is 25.2 Å². The minimum Gasteiger partial charge on any atom is -0.358 e. The molecule has 0 unspecified atom stereocenters. The third-order valence-electron chi connectivity index (χ3n) is 3.72. The zero-order valence-corrected chi connectivity index (χ0v) is 12.4. The fraction of sp³-hybridized carbons (Fsp3) is 0.438. The minimum absolute atomic E-state index is 0.703. The van der Waals surface area contributed by atoms with Crippen molar-refractivity contribution >= 4 is 5.82 Å². The lowest BCUT2D eigenvalue weighted by Crippen LogP contribution is -2.22. The van der Waals surface area contributed by atoms with Gasteiger partial charge in [-0.1, -0.05) is 0 Å². The molecule has 0 saturated heterocycles. The molecule has 1 saturated carbocycles. The van der Waals surface area contributed by atoms with Crippen LogP contribution in [0.1, 0.15) is 24.1 Å². The average molecular weight is 283 g/mol.